The molecule has 0 heterocycles. The van der Waals surface area contributed by atoms with Gasteiger partial charge in [-0.3, -0.25) is 9.59 Å². The Hall–Kier alpha value is -0.860. The number of carbonyl (C=O) groups is 2. The molecule has 0 bridgehead atoms. The van der Waals surface area contributed by atoms with Crippen LogP contribution in [0.5, 0.6) is 0 Å². The molecule has 0 aromatic carbocycles. The first-order valence-electron chi connectivity index (χ1n) is 4.84. The molecule has 0 aliphatic heterocycles. The number of Topliss-reactive ketones (excluding diaryl/α,β-unsaturated/α-hetero) is 1. The van der Waals surface area contributed by atoms with Gasteiger partial charge < -0.3 is 4.74 Å². The van der Waals surface area contributed by atoms with E-state index < -0.39 is 0 Å². The summed E-state index contributed by atoms with van der Waals surface area (Å²) < 4.78 is 4.87. The van der Waals surface area contributed by atoms with E-state index in [1.54, 1.807) is 6.92 Å². The van der Waals surface area contributed by atoms with Crippen LogP contribution >= 0.6 is 0 Å². The van der Waals surface area contributed by atoms with Crippen molar-refractivity contribution in [1.29, 1.82) is 0 Å². The fraction of sp³-hybridized carbons (Fsp3) is 0.800. The van der Waals surface area contributed by atoms with Crippen LogP contribution in [-0.2, 0) is 14.3 Å². The van der Waals surface area contributed by atoms with Gasteiger partial charge in [0.1, 0.15) is 5.78 Å². The first-order chi connectivity index (χ1) is 6.15. The third kappa shape index (κ3) is 2.54. The molecule has 1 aliphatic carbocycles. The van der Waals surface area contributed by atoms with Gasteiger partial charge in [-0.2, -0.15) is 0 Å². The molecule has 1 aliphatic rings. The molecule has 2 atom stereocenters. The largest absolute Gasteiger partial charge is 0.466 e. The van der Waals surface area contributed by atoms with Crippen molar-refractivity contribution in [3.63, 3.8) is 0 Å². The monoisotopic (exact) mass is 184 g/mol. The number of esters is 1. The normalized spacial score (nSPS) is 28.6. The van der Waals surface area contributed by atoms with Gasteiger partial charge in [-0.05, 0) is 19.8 Å². The van der Waals surface area contributed by atoms with E-state index in [0.29, 0.717) is 13.0 Å². The number of hydrogen-bond donors (Lipinski definition) is 0. The maximum Gasteiger partial charge on any atom is 0.309 e. The van der Waals surface area contributed by atoms with E-state index in [0.717, 1.165) is 12.8 Å². The van der Waals surface area contributed by atoms with Crippen LogP contribution in [-0.4, -0.2) is 18.4 Å². The molecule has 0 N–H and O–H groups in total. The molecule has 0 aromatic rings. The predicted octanol–water partition coefficient (Wildman–Crippen LogP) is 1.55. The average molecular weight is 184 g/mol. The summed E-state index contributed by atoms with van der Waals surface area (Å²) in [6.07, 6.45) is 1.99. The third-order valence-electron chi connectivity index (χ3n) is 2.57. The van der Waals surface area contributed by atoms with E-state index in [-0.39, 0.29) is 23.6 Å². The highest BCUT2D eigenvalue weighted by Gasteiger charge is 2.30. The molecule has 1 rings (SSSR count). The van der Waals surface area contributed by atoms with Crippen LogP contribution in [0.3, 0.4) is 0 Å². The van der Waals surface area contributed by atoms with Crippen LogP contribution in [0.2, 0.25) is 0 Å². The van der Waals surface area contributed by atoms with E-state index in [4.69, 9.17) is 4.74 Å². The fourth-order valence-electron chi connectivity index (χ4n) is 1.62. The molecular formula is C10H16O3. The second-order valence-corrected chi connectivity index (χ2v) is 3.60. The Balaban J connectivity index is 2.45. The van der Waals surface area contributed by atoms with Crippen molar-refractivity contribution in [2.24, 2.45) is 11.8 Å². The van der Waals surface area contributed by atoms with Crippen LogP contribution in [0, 0.1) is 11.8 Å². The lowest BCUT2D eigenvalue weighted by Gasteiger charge is -2.23. The lowest BCUT2D eigenvalue weighted by atomic mass is 9.82. The number of ether oxygens (including phenoxy) is 1. The van der Waals surface area contributed by atoms with Crippen molar-refractivity contribution in [1.82, 2.24) is 0 Å². The summed E-state index contributed by atoms with van der Waals surface area (Å²) in [5, 5.41) is 0. The molecule has 1 fully saturated rings. The summed E-state index contributed by atoms with van der Waals surface area (Å²) in [4.78, 5) is 22.6. The highest BCUT2D eigenvalue weighted by atomic mass is 16.5. The average Bonchev–Trinajstić information content (AvgIpc) is 2.10. The topological polar surface area (TPSA) is 43.4 Å². The first kappa shape index (κ1) is 10.2. The third-order valence-corrected chi connectivity index (χ3v) is 2.57. The maximum atomic E-state index is 11.3. The van der Waals surface area contributed by atoms with Crippen LogP contribution in [0.4, 0.5) is 0 Å². The molecule has 2 unspecified atom stereocenters. The zero-order valence-electron chi connectivity index (χ0n) is 8.21. The first-order valence-corrected chi connectivity index (χ1v) is 4.84. The van der Waals surface area contributed by atoms with Crippen molar-refractivity contribution in [3.05, 3.63) is 0 Å². The van der Waals surface area contributed by atoms with Crippen molar-refractivity contribution in [2.75, 3.05) is 6.61 Å². The van der Waals surface area contributed by atoms with Gasteiger partial charge in [-0.25, -0.2) is 0 Å². The van der Waals surface area contributed by atoms with Crippen molar-refractivity contribution in [3.8, 4) is 0 Å². The maximum absolute atomic E-state index is 11.3. The lowest BCUT2D eigenvalue weighted by Crippen LogP contribution is -2.29. The Bertz CT molecular complexity index is 210. The molecule has 0 radical (unpaired) electrons. The summed E-state index contributed by atoms with van der Waals surface area (Å²) in [5.41, 5.74) is 0. The minimum absolute atomic E-state index is 0.130. The lowest BCUT2D eigenvalue weighted by molar-refractivity contribution is -0.151. The smallest absolute Gasteiger partial charge is 0.309 e. The Kier molecular flexibility index (Phi) is 3.46. The van der Waals surface area contributed by atoms with Crippen molar-refractivity contribution >= 4 is 11.8 Å². The Labute approximate surface area is 78.5 Å². The molecule has 0 amide bonds. The minimum Gasteiger partial charge on any atom is -0.466 e. The van der Waals surface area contributed by atoms with Gasteiger partial charge >= 0.3 is 5.97 Å². The summed E-state index contributed by atoms with van der Waals surface area (Å²) in [5.74, 6) is -0.0543. The van der Waals surface area contributed by atoms with Crippen LogP contribution < -0.4 is 0 Å². The molecular weight excluding hydrogens is 168 g/mol. The van der Waals surface area contributed by atoms with Gasteiger partial charge in [0.2, 0.25) is 0 Å². The molecule has 3 nitrogen and oxygen atoms in total. The molecule has 0 spiro atoms. The van der Waals surface area contributed by atoms with Crippen molar-refractivity contribution in [2.45, 2.75) is 33.1 Å². The molecule has 3 heteroatoms. The highest BCUT2D eigenvalue weighted by molar-refractivity contribution is 5.87. The summed E-state index contributed by atoms with van der Waals surface area (Å²) in [6.45, 7) is 4.11. The fourth-order valence-corrected chi connectivity index (χ4v) is 1.62. The molecule has 0 aromatic heterocycles. The van der Waals surface area contributed by atoms with E-state index in [1.807, 2.05) is 6.92 Å². The Morgan fingerprint density at radius 3 is 2.77 bits per heavy atom. The molecule has 13 heavy (non-hydrogen) atoms. The second-order valence-electron chi connectivity index (χ2n) is 3.60. The number of ketones is 1. The van der Waals surface area contributed by atoms with E-state index in [9.17, 15) is 9.59 Å². The van der Waals surface area contributed by atoms with Gasteiger partial charge in [0.05, 0.1) is 12.5 Å². The SMILES string of the molecule is CCOC(=O)C1CCC(C)C(=O)C1. The van der Waals surface area contributed by atoms with Gasteiger partial charge in [-0.15, -0.1) is 0 Å². The molecule has 0 saturated heterocycles. The summed E-state index contributed by atoms with van der Waals surface area (Å²) >= 11 is 0. The van der Waals surface area contributed by atoms with Gasteiger partial charge in [0, 0.05) is 12.3 Å². The number of hydrogen-bond acceptors (Lipinski definition) is 3. The predicted molar refractivity (Wildman–Crippen MR) is 48.1 cm³/mol. The highest BCUT2D eigenvalue weighted by Crippen LogP contribution is 2.26. The number of carbonyl (C=O) groups excluding carboxylic acids is 2. The Morgan fingerprint density at radius 2 is 2.23 bits per heavy atom. The van der Waals surface area contributed by atoms with Gasteiger partial charge in [0.15, 0.2) is 0 Å². The van der Waals surface area contributed by atoms with Crippen LogP contribution in [0.15, 0.2) is 0 Å². The Morgan fingerprint density at radius 1 is 1.54 bits per heavy atom. The molecule has 74 valence electrons. The van der Waals surface area contributed by atoms with E-state index in [2.05, 4.69) is 0 Å². The standard InChI is InChI=1S/C10H16O3/c1-3-13-10(12)8-5-4-7(2)9(11)6-8/h7-8H,3-6H2,1-2H3. The zero-order valence-corrected chi connectivity index (χ0v) is 8.21. The van der Waals surface area contributed by atoms with Gasteiger partial charge in [-0.1, -0.05) is 6.92 Å². The number of rotatable bonds is 2. The zero-order chi connectivity index (χ0) is 9.84. The van der Waals surface area contributed by atoms with Crippen LogP contribution in [0.1, 0.15) is 33.1 Å². The van der Waals surface area contributed by atoms with E-state index >= 15 is 0 Å². The minimum atomic E-state index is -0.206. The van der Waals surface area contributed by atoms with Gasteiger partial charge in [0.25, 0.3) is 0 Å². The van der Waals surface area contributed by atoms with E-state index in [1.165, 1.54) is 0 Å². The quantitative estimate of drug-likeness (QED) is 0.611. The molecule has 1 saturated carbocycles. The summed E-state index contributed by atoms with van der Waals surface area (Å²) in [7, 11) is 0. The summed E-state index contributed by atoms with van der Waals surface area (Å²) in [6, 6.07) is 0. The van der Waals surface area contributed by atoms with Crippen LogP contribution in [0.25, 0.3) is 0 Å². The second kappa shape index (κ2) is 4.40. The van der Waals surface area contributed by atoms with Crippen molar-refractivity contribution < 1.29 is 14.3 Å².